The lowest BCUT2D eigenvalue weighted by Crippen LogP contribution is -1.91. The standard InChI is InChI=1S/C8H10N2/c1-6-8(7-2-3-7)4-5-9-10-6/h4-5,7H,2-3H2,1H3. The summed E-state index contributed by atoms with van der Waals surface area (Å²) >= 11 is 0. The molecule has 0 unspecified atom stereocenters. The van der Waals surface area contributed by atoms with Crippen LogP contribution in [0.3, 0.4) is 0 Å². The van der Waals surface area contributed by atoms with Crippen molar-refractivity contribution in [1.29, 1.82) is 0 Å². The average Bonchev–Trinajstić information content (AvgIpc) is 2.71. The van der Waals surface area contributed by atoms with Gasteiger partial charge in [-0.05, 0) is 37.3 Å². The van der Waals surface area contributed by atoms with Crippen molar-refractivity contribution in [3.8, 4) is 0 Å². The topological polar surface area (TPSA) is 25.8 Å². The first-order valence-electron chi connectivity index (χ1n) is 3.66. The van der Waals surface area contributed by atoms with Gasteiger partial charge in [0.25, 0.3) is 0 Å². The second kappa shape index (κ2) is 2.04. The summed E-state index contributed by atoms with van der Waals surface area (Å²) in [5.74, 6) is 0.801. The first kappa shape index (κ1) is 5.83. The normalized spacial score (nSPS) is 17.3. The molecule has 1 aromatic rings. The van der Waals surface area contributed by atoms with Crippen LogP contribution in [0.5, 0.6) is 0 Å². The zero-order chi connectivity index (χ0) is 6.97. The second-order valence-electron chi connectivity index (χ2n) is 2.85. The Labute approximate surface area is 60.3 Å². The van der Waals surface area contributed by atoms with Crippen LogP contribution in [0.1, 0.15) is 30.0 Å². The lowest BCUT2D eigenvalue weighted by Gasteiger charge is -1.98. The van der Waals surface area contributed by atoms with Crippen molar-refractivity contribution < 1.29 is 0 Å². The molecule has 1 saturated carbocycles. The van der Waals surface area contributed by atoms with Crippen LogP contribution in [0, 0.1) is 6.92 Å². The molecule has 10 heavy (non-hydrogen) atoms. The summed E-state index contributed by atoms with van der Waals surface area (Å²) in [6.45, 7) is 2.03. The van der Waals surface area contributed by atoms with Gasteiger partial charge in [0.15, 0.2) is 0 Å². The highest BCUT2D eigenvalue weighted by molar-refractivity contribution is 5.24. The Kier molecular flexibility index (Phi) is 1.19. The third kappa shape index (κ3) is 0.897. The van der Waals surface area contributed by atoms with Gasteiger partial charge in [0.1, 0.15) is 0 Å². The largest absolute Gasteiger partial charge is 0.159 e. The third-order valence-corrected chi connectivity index (χ3v) is 1.96. The predicted molar refractivity (Wildman–Crippen MR) is 38.7 cm³/mol. The molecule has 1 aliphatic rings. The zero-order valence-electron chi connectivity index (χ0n) is 6.04. The number of nitrogens with zero attached hydrogens (tertiary/aromatic N) is 2. The highest BCUT2D eigenvalue weighted by Gasteiger charge is 2.25. The van der Waals surface area contributed by atoms with Crippen molar-refractivity contribution >= 4 is 0 Å². The van der Waals surface area contributed by atoms with Crippen LogP contribution in [0.25, 0.3) is 0 Å². The number of rotatable bonds is 1. The lowest BCUT2D eigenvalue weighted by molar-refractivity contribution is 0.927. The lowest BCUT2D eigenvalue weighted by atomic mass is 10.1. The molecule has 1 aliphatic carbocycles. The van der Waals surface area contributed by atoms with Crippen LogP contribution < -0.4 is 0 Å². The zero-order valence-corrected chi connectivity index (χ0v) is 6.04. The quantitative estimate of drug-likeness (QED) is 0.583. The fourth-order valence-corrected chi connectivity index (χ4v) is 1.24. The van der Waals surface area contributed by atoms with Crippen LogP contribution in [-0.4, -0.2) is 10.2 Å². The summed E-state index contributed by atoms with van der Waals surface area (Å²) in [7, 11) is 0. The summed E-state index contributed by atoms with van der Waals surface area (Å²) < 4.78 is 0. The van der Waals surface area contributed by atoms with Gasteiger partial charge in [-0.1, -0.05) is 0 Å². The van der Waals surface area contributed by atoms with Crippen molar-refractivity contribution in [2.75, 3.05) is 0 Å². The monoisotopic (exact) mass is 134 g/mol. The summed E-state index contributed by atoms with van der Waals surface area (Å²) in [5.41, 5.74) is 2.50. The van der Waals surface area contributed by atoms with Gasteiger partial charge in [0.2, 0.25) is 0 Å². The molecular weight excluding hydrogens is 124 g/mol. The van der Waals surface area contributed by atoms with Crippen LogP contribution in [0.15, 0.2) is 12.3 Å². The van der Waals surface area contributed by atoms with Crippen molar-refractivity contribution in [1.82, 2.24) is 10.2 Å². The van der Waals surface area contributed by atoms with Crippen molar-refractivity contribution in [2.24, 2.45) is 0 Å². The molecule has 1 aromatic heterocycles. The summed E-state index contributed by atoms with van der Waals surface area (Å²) in [5, 5.41) is 7.80. The van der Waals surface area contributed by atoms with E-state index in [-0.39, 0.29) is 0 Å². The van der Waals surface area contributed by atoms with E-state index in [2.05, 4.69) is 16.3 Å². The molecule has 2 rings (SSSR count). The molecular formula is C8H10N2. The molecule has 2 nitrogen and oxygen atoms in total. The fraction of sp³-hybridized carbons (Fsp3) is 0.500. The summed E-state index contributed by atoms with van der Waals surface area (Å²) in [4.78, 5) is 0. The van der Waals surface area contributed by atoms with E-state index in [4.69, 9.17) is 0 Å². The van der Waals surface area contributed by atoms with E-state index in [1.54, 1.807) is 6.20 Å². The van der Waals surface area contributed by atoms with Crippen LogP contribution >= 0.6 is 0 Å². The minimum atomic E-state index is 0.801. The molecule has 0 amide bonds. The van der Waals surface area contributed by atoms with Gasteiger partial charge in [-0.15, -0.1) is 0 Å². The maximum Gasteiger partial charge on any atom is 0.0634 e. The fourth-order valence-electron chi connectivity index (χ4n) is 1.24. The van der Waals surface area contributed by atoms with Crippen molar-refractivity contribution in [2.45, 2.75) is 25.7 Å². The van der Waals surface area contributed by atoms with E-state index >= 15 is 0 Å². The predicted octanol–water partition coefficient (Wildman–Crippen LogP) is 1.66. The minimum Gasteiger partial charge on any atom is -0.159 e. The Bertz CT molecular complexity index is 241. The first-order chi connectivity index (χ1) is 4.88. The van der Waals surface area contributed by atoms with Gasteiger partial charge in [-0.2, -0.15) is 10.2 Å². The highest BCUT2D eigenvalue weighted by Crippen LogP contribution is 2.40. The molecule has 1 fully saturated rings. The minimum absolute atomic E-state index is 0.801. The number of aromatic nitrogens is 2. The molecule has 0 bridgehead atoms. The van der Waals surface area contributed by atoms with E-state index in [1.807, 2.05) is 6.92 Å². The van der Waals surface area contributed by atoms with Gasteiger partial charge in [0.05, 0.1) is 5.69 Å². The molecule has 0 N–H and O–H groups in total. The summed E-state index contributed by atoms with van der Waals surface area (Å²) in [6, 6.07) is 2.08. The van der Waals surface area contributed by atoms with Gasteiger partial charge < -0.3 is 0 Å². The SMILES string of the molecule is Cc1nnccc1C1CC1. The molecule has 0 radical (unpaired) electrons. The van der Waals surface area contributed by atoms with E-state index in [0.717, 1.165) is 11.6 Å². The van der Waals surface area contributed by atoms with Gasteiger partial charge >= 0.3 is 0 Å². The van der Waals surface area contributed by atoms with Gasteiger partial charge in [-0.25, -0.2) is 0 Å². The molecule has 0 saturated heterocycles. The second-order valence-corrected chi connectivity index (χ2v) is 2.85. The molecule has 2 heteroatoms. The third-order valence-electron chi connectivity index (χ3n) is 1.96. The average molecular weight is 134 g/mol. The molecule has 0 aliphatic heterocycles. The number of hydrogen-bond acceptors (Lipinski definition) is 2. The maximum atomic E-state index is 3.99. The molecule has 1 heterocycles. The van der Waals surface area contributed by atoms with Crippen molar-refractivity contribution in [3.05, 3.63) is 23.5 Å². The first-order valence-corrected chi connectivity index (χ1v) is 3.66. The van der Waals surface area contributed by atoms with E-state index in [9.17, 15) is 0 Å². The molecule has 52 valence electrons. The summed E-state index contributed by atoms with van der Waals surface area (Å²) in [6.07, 6.45) is 4.46. The van der Waals surface area contributed by atoms with E-state index < -0.39 is 0 Å². The number of aryl methyl sites for hydroxylation is 1. The van der Waals surface area contributed by atoms with Crippen LogP contribution in [0.4, 0.5) is 0 Å². The molecule has 0 aromatic carbocycles. The Morgan fingerprint density at radius 3 is 2.90 bits per heavy atom. The Morgan fingerprint density at radius 1 is 1.50 bits per heavy atom. The van der Waals surface area contributed by atoms with Crippen molar-refractivity contribution in [3.63, 3.8) is 0 Å². The smallest absolute Gasteiger partial charge is 0.0634 e. The molecule has 0 spiro atoms. The highest BCUT2D eigenvalue weighted by atomic mass is 15.1. The Morgan fingerprint density at radius 2 is 2.30 bits per heavy atom. The van der Waals surface area contributed by atoms with E-state index in [0.29, 0.717) is 0 Å². The number of hydrogen-bond donors (Lipinski definition) is 0. The van der Waals surface area contributed by atoms with Gasteiger partial charge in [0, 0.05) is 6.20 Å². The maximum absolute atomic E-state index is 3.99. The Balaban J connectivity index is 2.39. The van der Waals surface area contributed by atoms with E-state index in [1.165, 1.54) is 18.4 Å². The Hall–Kier alpha value is -0.920. The molecule has 0 atom stereocenters. The van der Waals surface area contributed by atoms with Crippen LogP contribution in [0.2, 0.25) is 0 Å². The van der Waals surface area contributed by atoms with Crippen LogP contribution in [-0.2, 0) is 0 Å². The van der Waals surface area contributed by atoms with Gasteiger partial charge in [-0.3, -0.25) is 0 Å².